The molecule has 0 N–H and O–H groups in total. The van der Waals surface area contributed by atoms with Crippen LogP contribution in [0.1, 0.15) is 23.5 Å². The van der Waals surface area contributed by atoms with Crippen LogP contribution in [-0.2, 0) is 6.42 Å². The Bertz CT molecular complexity index is 535. The van der Waals surface area contributed by atoms with E-state index in [4.69, 9.17) is 0 Å². The Kier molecular flexibility index (Phi) is 4.54. The lowest BCUT2D eigenvalue weighted by atomic mass is 9.99. The first-order valence-corrected chi connectivity index (χ1v) is 8.12. The third-order valence-corrected chi connectivity index (χ3v) is 4.70. The van der Waals surface area contributed by atoms with Gasteiger partial charge in [-0.15, -0.1) is 0 Å². The van der Waals surface area contributed by atoms with E-state index in [2.05, 4.69) is 75.4 Å². The van der Waals surface area contributed by atoms with Crippen molar-refractivity contribution >= 4 is 15.9 Å². The highest BCUT2D eigenvalue weighted by molar-refractivity contribution is 9.10. The van der Waals surface area contributed by atoms with Gasteiger partial charge in [0.2, 0.25) is 0 Å². The van der Waals surface area contributed by atoms with Crippen LogP contribution in [0.3, 0.4) is 0 Å². The molecule has 2 heteroatoms. The quantitative estimate of drug-likeness (QED) is 0.799. The van der Waals surface area contributed by atoms with E-state index in [1.807, 2.05) is 0 Å². The van der Waals surface area contributed by atoms with Gasteiger partial charge in [0, 0.05) is 17.6 Å². The molecule has 1 aliphatic rings. The summed E-state index contributed by atoms with van der Waals surface area (Å²) in [5, 5.41) is 0. The van der Waals surface area contributed by atoms with Gasteiger partial charge in [0.15, 0.2) is 0 Å². The highest BCUT2D eigenvalue weighted by Crippen LogP contribution is 2.28. The summed E-state index contributed by atoms with van der Waals surface area (Å²) in [5.74, 6) is 0.707. The van der Waals surface area contributed by atoms with Crippen molar-refractivity contribution in [1.29, 1.82) is 0 Å². The second kappa shape index (κ2) is 6.55. The van der Waals surface area contributed by atoms with Gasteiger partial charge in [-0.2, -0.15) is 0 Å². The molecule has 2 aromatic rings. The average Bonchev–Trinajstić information content (AvgIpc) is 2.96. The van der Waals surface area contributed by atoms with Crippen LogP contribution in [0.5, 0.6) is 0 Å². The minimum Gasteiger partial charge on any atom is -0.302 e. The zero-order valence-electron chi connectivity index (χ0n) is 11.6. The molecule has 0 aromatic heterocycles. The first-order chi connectivity index (χ1) is 9.81. The lowest BCUT2D eigenvalue weighted by Gasteiger charge is -2.16. The van der Waals surface area contributed by atoms with Gasteiger partial charge >= 0.3 is 0 Å². The SMILES string of the molecule is Brc1ccc(C2CCN(CCc3ccccc3)C2)cc1. The predicted molar refractivity (Wildman–Crippen MR) is 88.1 cm³/mol. The molecule has 0 bridgehead atoms. The van der Waals surface area contributed by atoms with Crippen LogP contribution in [0, 0.1) is 0 Å². The van der Waals surface area contributed by atoms with E-state index in [1.54, 1.807) is 0 Å². The van der Waals surface area contributed by atoms with Crippen LogP contribution < -0.4 is 0 Å². The topological polar surface area (TPSA) is 3.24 Å². The maximum absolute atomic E-state index is 3.51. The largest absolute Gasteiger partial charge is 0.302 e. The third kappa shape index (κ3) is 3.50. The Morgan fingerprint density at radius 3 is 2.50 bits per heavy atom. The molecule has 20 heavy (non-hydrogen) atoms. The summed E-state index contributed by atoms with van der Waals surface area (Å²) in [7, 11) is 0. The lowest BCUT2D eigenvalue weighted by Crippen LogP contribution is -2.23. The molecular weight excluding hydrogens is 310 g/mol. The Labute approximate surface area is 129 Å². The van der Waals surface area contributed by atoms with Gasteiger partial charge < -0.3 is 4.90 Å². The van der Waals surface area contributed by atoms with E-state index in [1.165, 1.54) is 41.7 Å². The Balaban J connectivity index is 1.53. The van der Waals surface area contributed by atoms with E-state index in [0.717, 1.165) is 6.42 Å². The molecule has 1 saturated heterocycles. The number of benzene rings is 2. The summed E-state index contributed by atoms with van der Waals surface area (Å²) < 4.78 is 1.17. The number of hydrogen-bond donors (Lipinski definition) is 0. The van der Waals surface area contributed by atoms with Crippen LogP contribution >= 0.6 is 15.9 Å². The maximum atomic E-state index is 3.51. The van der Waals surface area contributed by atoms with Crippen molar-refractivity contribution in [3.63, 3.8) is 0 Å². The van der Waals surface area contributed by atoms with Crippen molar-refractivity contribution in [2.45, 2.75) is 18.8 Å². The van der Waals surface area contributed by atoms with Crippen molar-refractivity contribution in [3.8, 4) is 0 Å². The molecule has 104 valence electrons. The molecule has 0 aliphatic carbocycles. The summed E-state index contributed by atoms with van der Waals surface area (Å²) in [6, 6.07) is 19.6. The van der Waals surface area contributed by atoms with Crippen LogP contribution in [0.4, 0.5) is 0 Å². The predicted octanol–water partition coefficient (Wildman–Crippen LogP) is 4.48. The van der Waals surface area contributed by atoms with Crippen molar-refractivity contribution < 1.29 is 0 Å². The van der Waals surface area contributed by atoms with Crippen molar-refractivity contribution in [1.82, 2.24) is 4.90 Å². The molecule has 1 fully saturated rings. The van der Waals surface area contributed by atoms with Gasteiger partial charge in [-0.1, -0.05) is 58.4 Å². The highest BCUT2D eigenvalue weighted by atomic mass is 79.9. The third-order valence-electron chi connectivity index (χ3n) is 4.17. The zero-order valence-corrected chi connectivity index (χ0v) is 13.2. The lowest BCUT2D eigenvalue weighted by molar-refractivity contribution is 0.339. The minimum absolute atomic E-state index is 0.707. The molecule has 0 spiro atoms. The van der Waals surface area contributed by atoms with E-state index in [9.17, 15) is 0 Å². The van der Waals surface area contributed by atoms with Gasteiger partial charge in [-0.3, -0.25) is 0 Å². The molecule has 1 atom stereocenters. The second-order valence-corrected chi connectivity index (χ2v) is 6.49. The average molecular weight is 330 g/mol. The highest BCUT2D eigenvalue weighted by Gasteiger charge is 2.23. The van der Waals surface area contributed by atoms with Crippen molar-refractivity contribution in [3.05, 3.63) is 70.2 Å². The van der Waals surface area contributed by atoms with Crippen LogP contribution in [0.2, 0.25) is 0 Å². The van der Waals surface area contributed by atoms with Crippen LogP contribution in [0.25, 0.3) is 0 Å². The second-order valence-electron chi connectivity index (χ2n) is 5.57. The molecule has 2 aromatic carbocycles. The van der Waals surface area contributed by atoms with E-state index < -0.39 is 0 Å². The van der Waals surface area contributed by atoms with Crippen LogP contribution in [-0.4, -0.2) is 24.5 Å². The number of hydrogen-bond acceptors (Lipinski definition) is 1. The van der Waals surface area contributed by atoms with Gasteiger partial charge in [0.25, 0.3) is 0 Å². The monoisotopic (exact) mass is 329 g/mol. The first kappa shape index (κ1) is 13.8. The maximum Gasteiger partial charge on any atom is 0.0175 e. The number of likely N-dealkylation sites (tertiary alicyclic amines) is 1. The summed E-state index contributed by atoms with van der Waals surface area (Å²) in [6.07, 6.45) is 2.45. The standard InChI is InChI=1S/C18H20BrN/c19-18-8-6-16(7-9-18)17-11-13-20(14-17)12-10-15-4-2-1-3-5-15/h1-9,17H,10-14H2. The molecule has 3 rings (SSSR count). The fraction of sp³-hybridized carbons (Fsp3) is 0.333. The molecule has 0 amide bonds. The first-order valence-electron chi connectivity index (χ1n) is 7.33. The molecule has 0 saturated carbocycles. The van der Waals surface area contributed by atoms with Gasteiger partial charge in [-0.05, 0) is 48.6 Å². The molecule has 1 aliphatic heterocycles. The molecule has 1 unspecified atom stereocenters. The van der Waals surface area contributed by atoms with Crippen molar-refractivity contribution in [2.75, 3.05) is 19.6 Å². The van der Waals surface area contributed by atoms with E-state index in [-0.39, 0.29) is 0 Å². The normalized spacial score (nSPS) is 19.4. The fourth-order valence-electron chi connectivity index (χ4n) is 2.97. The zero-order chi connectivity index (χ0) is 13.8. The summed E-state index contributed by atoms with van der Waals surface area (Å²) in [4.78, 5) is 2.60. The Hall–Kier alpha value is -1.12. The Morgan fingerprint density at radius 2 is 1.75 bits per heavy atom. The molecular formula is C18H20BrN. The summed E-state index contributed by atoms with van der Waals surface area (Å²) in [5.41, 5.74) is 2.93. The number of halogens is 1. The van der Waals surface area contributed by atoms with E-state index in [0.29, 0.717) is 5.92 Å². The summed E-state index contributed by atoms with van der Waals surface area (Å²) >= 11 is 3.51. The van der Waals surface area contributed by atoms with Gasteiger partial charge in [-0.25, -0.2) is 0 Å². The van der Waals surface area contributed by atoms with Gasteiger partial charge in [0.05, 0.1) is 0 Å². The van der Waals surface area contributed by atoms with Gasteiger partial charge in [0.1, 0.15) is 0 Å². The van der Waals surface area contributed by atoms with Crippen LogP contribution in [0.15, 0.2) is 59.1 Å². The molecule has 1 heterocycles. The Morgan fingerprint density at radius 1 is 1.00 bits per heavy atom. The minimum atomic E-state index is 0.707. The molecule has 0 radical (unpaired) electrons. The smallest absolute Gasteiger partial charge is 0.0175 e. The number of rotatable bonds is 4. The summed E-state index contributed by atoms with van der Waals surface area (Å²) in [6.45, 7) is 3.61. The van der Waals surface area contributed by atoms with E-state index >= 15 is 0 Å². The molecule has 1 nitrogen and oxygen atoms in total. The fourth-order valence-corrected chi connectivity index (χ4v) is 3.24. The number of nitrogens with zero attached hydrogens (tertiary/aromatic N) is 1. The van der Waals surface area contributed by atoms with Crippen molar-refractivity contribution in [2.24, 2.45) is 0 Å².